The lowest BCUT2D eigenvalue weighted by Gasteiger charge is -2.31. The van der Waals surface area contributed by atoms with Crippen LogP contribution in [0.1, 0.15) is 28.8 Å². The number of nitrogens with one attached hydrogen (secondary N) is 2. The summed E-state index contributed by atoms with van der Waals surface area (Å²) in [6.07, 6.45) is 1.68. The first-order valence-corrected chi connectivity index (χ1v) is 9.99. The average molecular weight is 391 g/mol. The van der Waals surface area contributed by atoms with Crippen LogP contribution < -0.4 is 10.9 Å². The molecule has 1 aromatic heterocycles. The van der Waals surface area contributed by atoms with E-state index in [1.807, 2.05) is 59.5 Å². The van der Waals surface area contributed by atoms with Gasteiger partial charge in [0, 0.05) is 48.6 Å². The van der Waals surface area contributed by atoms with Crippen LogP contribution in [0.4, 0.5) is 5.69 Å². The number of anilines is 1. The number of fused-ring (bicyclic) bond motifs is 1. The number of benzene rings is 2. The van der Waals surface area contributed by atoms with Crippen molar-refractivity contribution in [2.24, 2.45) is 5.92 Å². The SMILES string of the molecule is O=C(c1cccc(NCc2cc3ccccc3[nH]c2=O)c1)N1CCC(CO)CC1. The number of piperidine rings is 1. The number of amides is 1. The zero-order valence-corrected chi connectivity index (χ0v) is 16.2. The van der Waals surface area contributed by atoms with Crippen molar-refractivity contribution < 1.29 is 9.90 Å². The van der Waals surface area contributed by atoms with E-state index in [0.29, 0.717) is 36.7 Å². The molecule has 6 nitrogen and oxygen atoms in total. The van der Waals surface area contributed by atoms with E-state index in [0.717, 1.165) is 29.4 Å². The van der Waals surface area contributed by atoms with Gasteiger partial charge >= 0.3 is 0 Å². The van der Waals surface area contributed by atoms with E-state index in [1.54, 1.807) is 0 Å². The van der Waals surface area contributed by atoms with Crippen molar-refractivity contribution in [3.05, 3.63) is 76.1 Å². The molecule has 2 heterocycles. The summed E-state index contributed by atoms with van der Waals surface area (Å²) in [5.74, 6) is 0.306. The van der Waals surface area contributed by atoms with Gasteiger partial charge in [0.15, 0.2) is 0 Å². The third-order valence-electron chi connectivity index (χ3n) is 5.58. The number of nitrogens with zero attached hydrogens (tertiary/aromatic N) is 1. The highest BCUT2D eigenvalue weighted by atomic mass is 16.3. The maximum Gasteiger partial charge on any atom is 0.253 e. The van der Waals surface area contributed by atoms with E-state index >= 15 is 0 Å². The number of aromatic amines is 1. The van der Waals surface area contributed by atoms with Crippen LogP contribution in [0.3, 0.4) is 0 Å². The zero-order chi connectivity index (χ0) is 20.2. The fourth-order valence-electron chi connectivity index (χ4n) is 3.78. The van der Waals surface area contributed by atoms with Crippen molar-refractivity contribution in [1.82, 2.24) is 9.88 Å². The first-order valence-electron chi connectivity index (χ1n) is 9.99. The number of H-pyrrole nitrogens is 1. The van der Waals surface area contributed by atoms with Gasteiger partial charge in [0.1, 0.15) is 0 Å². The molecule has 1 aliphatic rings. The Kier molecular flexibility index (Phi) is 5.62. The predicted octanol–water partition coefficient (Wildman–Crippen LogP) is 2.98. The molecule has 3 N–H and O–H groups in total. The van der Waals surface area contributed by atoms with Gasteiger partial charge in [-0.25, -0.2) is 0 Å². The molecule has 0 atom stereocenters. The van der Waals surface area contributed by atoms with Crippen LogP contribution in [-0.4, -0.2) is 40.6 Å². The minimum atomic E-state index is -0.116. The van der Waals surface area contributed by atoms with Crippen molar-refractivity contribution >= 4 is 22.5 Å². The number of carbonyl (C=O) groups is 1. The first kappa shape index (κ1) is 19.2. The van der Waals surface area contributed by atoms with Crippen molar-refractivity contribution in [2.45, 2.75) is 19.4 Å². The van der Waals surface area contributed by atoms with Gasteiger partial charge in [-0.15, -0.1) is 0 Å². The van der Waals surface area contributed by atoms with Gasteiger partial charge in [0.25, 0.3) is 11.5 Å². The largest absolute Gasteiger partial charge is 0.396 e. The lowest BCUT2D eigenvalue weighted by atomic mass is 9.97. The fourth-order valence-corrected chi connectivity index (χ4v) is 3.78. The number of para-hydroxylation sites is 1. The lowest BCUT2D eigenvalue weighted by Crippen LogP contribution is -2.39. The molecule has 29 heavy (non-hydrogen) atoms. The Hall–Kier alpha value is -3.12. The predicted molar refractivity (Wildman–Crippen MR) is 114 cm³/mol. The van der Waals surface area contributed by atoms with Crippen molar-refractivity contribution in [3.63, 3.8) is 0 Å². The number of aromatic nitrogens is 1. The molecule has 0 saturated carbocycles. The molecular formula is C23H25N3O3. The van der Waals surface area contributed by atoms with Crippen LogP contribution in [0, 0.1) is 5.92 Å². The Morgan fingerprint density at radius 1 is 1.10 bits per heavy atom. The molecule has 1 aliphatic heterocycles. The van der Waals surface area contributed by atoms with Gasteiger partial charge in [-0.1, -0.05) is 24.3 Å². The Morgan fingerprint density at radius 2 is 1.90 bits per heavy atom. The van der Waals surface area contributed by atoms with E-state index in [2.05, 4.69) is 10.3 Å². The highest BCUT2D eigenvalue weighted by Crippen LogP contribution is 2.20. The number of rotatable bonds is 5. The second-order valence-corrected chi connectivity index (χ2v) is 7.56. The highest BCUT2D eigenvalue weighted by molar-refractivity contribution is 5.95. The van der Waals surface area contributed by atoms with Gasteiger partial charge < -0.3 is 20.3 Å². The number of hydrogen-bond acceptors (Lipinski definition) is 4. The summed E-state index contributed by atoms with van der Waals surface area (Å²) in [4.78, 5) is 29.9. The van der Waals surface area contributed by atoms with E-state index in [9.17, 15) is 14.7 Å². The van der Waals surface area contributed by atoms with E-state index < -0.39 is 0 Å². The van der Waals surface area contributed by atoms with Gasteiger partial charge in [0.05, 0.1) is 0 Å². The lowest BCUT2D eigenvalue weighted by molar-refractivity contribution is 0.0651. The van der Waals surface area contributed by atoms with Gasteiger partial charge in [-0.2, -0.15) is 0 Å². The first-order chi connectivity index (χ1) is 14.1. The molecule has 0 aliphatic carbocycles. The molecule has 6 heteroatoms. The van der Waals surface area contributed by atoms with Crippen LogP contribution in [0.2, 0.25) is 0 Å². The summed E-state index contributed by atoms with van der Waals surface area (Å²) in [6.45, 7) is 1.91. The van der Waals surface area contributed by atoms with Crippen LogP contribution >= 0.6 is 0 Å². The molecule has 2 aromatic carbocycles. The van der Waals surface area contributed by atoms with E-state index in [1.165, 1.54) is 0 Å². The minimum Gasteiger partial charge on any atom is -0.396 e. The molecule has 1 fully saturated rings. The van der Waals surface area contributed by atoms with Crippen LogP contribution in [0.5, 0.6) is 0 Å². The number of carbonyl (C=O) groups excluding carboxylic acids is 1. The summed E-state index contributed by atoms with van der Waals surface area (Å²) < 4.78 is 0. The quantitative estimate of drug-likeness (QED) is 0.624. The monoisotopic (exact) mass is 391 g/mol. The van der Waals surface area contributed by atoms with Crippen LogP contribution in [0.25, 0.3) is 10.9 Å². The third kappa shape index (κ3) is 4.32. The summed E-state index contributed by atoms with van der Waals surface area (Å²) >= 11 is 0. The summed E-state index contributed by atoms with van der Waals surface area (Å²) in [5.41, 5.74) is 2.78. The Balaban J connectivity index is 1.45. The maximum absolute atomic E-state index is 12.8. The summed E-state index contributed by atoms with van der Waals surface area (Å²) in [6, 6.07) is 17.0. The number of hydrogen-bond donors (Lipinski definition) is 3. The van der Waals surface area contributed by atoms with E-state index in [4.69, 9.17) is 0 Å². The second-order valence-electron chi connectivity index (χ2n) is 7.56. The average Bonchev–Trinajstić information content (AvgIpc) is 2.77. The fraction of sp³-hybridized carbons (Fsp3) is 0.304. The molecule has 4 rings (SSSR count). The van der Waals surface area contributed by atoms with Gasteiger partial charge in [-0.3, -0.25) is 9.59 Å². The Morgan fingerprint density at radius 3 is 2.69 bits per heavy atom. The summed E-state index contributed by atoms with van der Waals surface area (Å²) in [7, 11) is 0. The number of pyridine rings is 1. The molecule has 1 saturated heterocycles. The molecule has 0 unspecified atom stereocenters. The Bertz CT molecular complexity index is 1070. The standard InChI is InChI=1S/C23H25N3O3/c27-15-16-8-10-26(11-9-16)23(29)18-5-3-6-20(13-18)24-14-19-12-17-4-1-2-7-21(17)25-22(19)28/h1-7,12-13,16,24,27H,8-11,14-15H2,(H,25,28). The summed E-state index contributed by atoms with van der Waals surface area (Å²) in [5, 5.41) is 13.5. The van der Waals surface area contributed by atoms with Crippen LogP contribution in [0.15, 0.2) is 59.4 Å². The van der Waals surface area contributed by atoms with Crippen molar-refractivity contribution in [3.8, 4) is 0 Å². The molecular weight excluding hydrogens is 366 g/mol. The molecule has 3 aromatic rings. The van der Waals surface area contributed by atoms with Crippen molar-refractivity contribution in [2.75, 3.05) is 25.0 Å². The minimum absolute atomic E-state index is 0.00796. The molecule has 0 spiro atoms. The normalized spacial score (nSPS) is 14.9. The highest BCUT2D eigenvalue weighted by Gasteiger charge is 2.23. The molecule has 0 bridgehead atoms. The second kappa shape index (κ2) is 8.49. The zero-order valence-electron chi connectivity index (χ0n) is 16.2. The van der Waals surface area contributed by atoms with Crippen LogP contribution in [-0.2, 0) is 6.54 Å². The molecule has 0 radical (unpaired) electrons. The molecule has 150 valence electrons. The number of aliphatic hydroxyl groups is 1. The number of likely N-dealkylation sites (tertiary alicyclic amines) is 1. The Labute approximate surface area is 169 Å². The molecule has 1 amide bonds. The van der Waals surface area contributed by atoms with Gasteiger partial charge in [-0.05, 0) is 54.5 Å². The smallest absolute Gasteiger partial charge is 0.253 e. The van der Waals surface area contributed by atoms with Crippen molar-refractivity contribution in [1.29, 1.82) is 0 Å². The number of aliphatic hydroxyl groups excluding tert-OH is 1. The topological polar surface area (TPSA) is 85.4 Å². The van der Waals surface area contributed by atoms with Gasteiger partial charge in [0.2, 0.25) is 0 Å². The third-order valence-corrected chi connectivity index (χ3v) is 5.58. The van der Waals surface area contributed by atoms with E-state index in [-0.39, 0.29) is 18.1 Å². The maximum atomic E-state index is 12.8.